The highest BCUT2D eigenvalue weighted by molar-refractivity contribution is 9.10. The van der Waals surface area contributed by atoms with Gasteiger partial charge in [-0.25, -0.2) is 0 Å². The SMILES string of the molecule is COCCN(Cc1cccc(Br)c1)C(C)C1CC1. The Bertz CT molecular complexity index is 379. The summed E-state index contributed by atoms with van der Waals surface area (Å²) in [4.78, 5) is 2.54. The fraction of sp³-hybridized carbons (Fsp3) is 0.600. The van der Waals surface area contributed by atoms with Gasteiger partial charge in [-0.3, -0.25) is 4.90 Å². The number of methoxy groups -OCH3 is 1. The Morgan fingerprint density at radius 3 is 2.83 bits per heavy atom. The van der Waals surface area contributed by atoms with Crippen LogP contribution in [0.3, 0.4) is 0 Å². The fourth-order valence-corrected chi connectivity index (χ4v) is 2.83. The molecule has 0 N–H and O–H groups in total. The Hall–Kier alpha value is -0.380. The molecule has 0 amide bonds. The second-order valence-electron chi connectivity index (χ2n) is 5.17. The minimum atomic E-state index is 0.666. The van der Waals surface area contributed by atoms with Crippen LogP contribution < -0.4 is 0 Å². The Balaban J connectivity index is 1.99. The molecule has 100 valence electrons. The van der Waals surface area contributed by atoms with Crippen molar-refractivity contribution in [1.82, 2.24) is 4.90 Å². The van der Waals surface area contributed by atoms with Crippen LogP contribution >= 0.6 is 15.9 Å². The molecule has 1 saturated carbocycles. The molecule has 1 unspecified atom stereocenters. The molecule has 0 spiro atoms. The second kappa shape index (κ2) is 6.69. The molecule has 0 heterocycles. The maximum atomic E-state index is 5.23. The summed E-state index contributed by atoms with van der Waals surface area (Å²) >= 11 is 3.54. The van der Waals surface area contributed by atoms with Crippen LogP contribution in [0.2, 0.25) is 0 Å². The molecule has 0 aliphatic heterocycles. The number of halogens is 1. The van der Waals surface area contributed by atoms with Crippen molar-refractivity contribution >= 4 is 15.9 Å². The van der Waals surface area contributed by atoms with Crippen molar-refractivity contribution in [2.45, 2.75) is 32.4 Å². The summed E-state index contributed by atoms with van der Waals surface area (Å²) in [5, 5.41) is 0. The Kier molecular flexibility index (Phi) is 5.22. The van der Waals surface area contributed by atoms with Gasteiger partial charge in [0.05, 0.1) is 6.61 Å². The van der Waals surface area contributed by atoms with E-state index < -0.39 is 0 Å². The lowest BCUT2D eigenvalue weighted by Crippen LogP contribution is -2.36. The van der Waals surface area contributed by atoms with Gasteiger partial charge in [0.25, 0.3) is 0 Å². The quantitative estimate of drug-likeness (QED) is 0.761. The summed E-state index contributed by atoms with van der Waals surface area (Å²) in [5.41, 5.74) is 1.37. The van der Waals surface area contributed by atoms with Crippen molar-refractivity contribution in [2.75, 3.05) is 20.3 Å². The molecule has 0 radical (unpaired) electrons. The summed E-state index contributed by atoms with van der Waals surface area (Å²) in [5.74, 6) is 0.897. The van der Waals surface area contributed by atoms with E-state index in [2.05, 4.69) is 52.0 Å². The lowest BCUT2D eigenvalue weighted by atomic mass is 10.1. The minimum Gasteiger partial charge on any atom is -0.383 e. The molecule has 0 bridgehead atoms. The largest absolute Gasteiger partial charge is 0.383 e. The molecule has 18 heavy (non-hydrogen) atoms. The van der Waals surface area contributed by atoms with Crippen molar-refractivity contribution < 1.29 is 4.74 Å². The maximum absolute atomic E-state index is 5.23. The first-order valence-corrected chi connectivity index (χ1v) is 7.47. The molecule has 1 aliphatic carbocycles. The average Bonchev–Trinajstić information content (AvgIpc) is 3.18. The molecule has 0 aromatic heterocycles. The van der Waals surface area contributed by atoms with E-state index >= 15 is 0 Å². The van der Waals surface area contributed by atoms with Crippen LogP contribution in [0.4, 0.5) is 0 Å². The van der Waals surface area contributed by atoms with E-state index in [0.29, 0.717) is 6.04 Å². The summed E-state index contributed by atoms with van der Waals surface area (Å²) in [6, 6.07) is 9.26. The smallest absolute Gasteiger partial charge is 0.0589 e. The average molecular weight is 312 g/mol. The van der Waals surface area contributed by atoms with Crippen LogP contribution in [0.25, 0.3) is 0 Å². The highest BCUT2D eigenvalue weighted by atomic mass is 79.9. The van der Waals surface area contributed by atoms with E-state index in [4.69, 9.17) is 4.74 Å². The van der Waals surface area contributed by atoms with Gasteiger partial charge in [-0.2, -0.15) is 0 Å². The van der Waals surface area contributed by atoms with E-state index in [1.54, 1.807) is 7.11 Å². The van der Waals surface area contributed by atoms with Gasteiger partial charge in [0.2, 0.25) is 0 Å². The van der Waals surface area contributed by atoms with E-state index in [1.165, 1.54) is 18.4 Å². The molecule has 1 aromatic carbocycles. The van der Waals surface area contributed by atoms with Crippen LogP contribution in [-0.4, -0.2) is 31.2 Å². The number of ether oxygens (including phenoxy) is 1. The zero-order valence-corrected chi connectivity index (χ0v) is 12.8. The van der Waals surface area contributed by atoms with Crippen LogP contribution in [0.1, 0.15) is 25.3 Å². The van der Waals surface area contributed by atoms with Gasteiger partial charge < -0.3 is 4.74 Å². The fourth-order valence-electron chi connectivity index (χ4n) is 2.38. The first kappa shape index (κ1) is 14.0. The number of benzene rings is 1. The van der Waals surface area contributed by atoms with E-state index in [-0.39, 0.29) is 0 Å². The number of hydrogen-bond donors (Lipinski definition) is 0. The molecule has 1 aliphatic rings. The van der Waals surface area contributed by atoms with Gasteiger partial charge in [0, 0.05) is 30.7 Å². The van der Waals surface area contributed by atoms with Crippen LogP contribution in [0.5, 0.6) is 0 Å². The Morgan fingerprint density at radius 2 is 2.22 bits per heavy atom. The van der Waals surface area contributed by atoms with Crippen LogP contribution in [-0.2, 0) is 11.3 Å². The van der Waals surface area contributed by atoms with Crippen molar-refractivity contribution in [2.24, 2.45) is 5.92 Å². The van der Waals surface area contributed by atoms with Gasteiger partial charge in [-0.15, -0.1) is 0 Å². The van der Waals surface area contributed by atoms with E-state index in [1.807, 2.05) is 0 Å². The van der Waals surface area contributed by atoms with Crippen LogP contribution in [0.15, 0.2) is 28.7 Å². The van der Waals surface area contributed by atoms with Crippen molar-refractivity contribution in [3.05, 3.63) is 34.3 Å². The summed E-state index contributed by atoms with van der Waals surface area (Å²) in [6.45, 7) is 5.19. The molecule has 2 rings (SSSR count). The normalized spacial score (nSPS) is 17.1. The Labute approximate surface area is 118 Å². The Morgan fingerprint density at radius 1 is 1.44 bits per heavy atom. The summed E-state index contributed by atoms with van der Waals surface area (Å²) in [6.07, 6.45) is 2.78. The van der Waals surface area contributed by atoms with E-state index in [9.17, 15) is 0 Å². The second-order valence-corrected chi connectivity index (χ2v) is 6.09. The topological polar surface area (TPSA) is 12.5 Å². The van der Waals surface area contributed by atoms with Crippen molar-refractivity contribution in [3.63, 3.8) is 0 Å². The number of nitrogens with zero attached hydrogens (tertiary/aromatic N) is 1. The lowest BCUT2D eigenvalue weighted by Gasteiger charge is -2.29. The predicted octanol–water partition coefficient (Wildman–Crippen LogP) is 3.70. The maximum Gasteiger partial charge on any atom is 0.0589 e. The molecule has 3 heteroatoms. The van der Waals surface area contributed by atoms with Gasteiger partial charge in [-0.1, -0.05) is 28.1 Å². The molecular weight excluding hydrogens is 290 g/mol. The van der Waals surface area contributed by atoms with Crippen molar-refractivity contribution in [1.29, 1.82) is 0 Å². The third-order valence-corrected chi connectivity index (χ3v) is 4.23. The number of rotatable bonds is 7. The first-order valence-electron chi connectivity index (χ1n) is 6.68. The van der Waals surface area contributed by atoms with Crippen LogP contribution in [0, 0.1) is 5.92 Å². The third-order valence-electron chi connectivity index (χ3n) is 3.74. The lowest BCUT2D eigenvalue weighted by molar-refractivity contribution is 0.111. The van der Waals surface area contributed by atoms with E-state index in [0.717, 1.165) is 30.1 Å². The molecule has 2 nitrogen and oxygen atoms in total. The summed E-state index contributed by atoms with van der Waals surface area (Å²) in [7, 11) is 1.78. The highest BCUT2D eigenvalue weighted by Crippen LogP contribution is 2.35. The zero-order chi connectivity index (χ0) is 13.0. The predicted molar refractivity (Wildman–Crippen MR) is 78.6 cm³/mol. The standard InChI is InChI=1S/C15H22BrNO/c1-12(14-6-7-14)17(8-9-18-2)11-13-4-3-5-15(16)10-13/h3-5,10,12,14H,6-9,11H2,1-2H3. The summed E-state index contributed by atoms with van der Waals surface area (Å²) < 4.78 is 6.39. The number of hydrogen-bond acceptors (Lipinski definition) is 2. The van der Waals surface area contributed by atoms with Gasteiger partial charge >= 0.3 is 0 Å². The van der Waals surface area contributed by atoms with Gasteiger partial charge in [0.1, 0.15) is 0 Å². The van der Waals surface area contributed by atoms with Gasteiger partial charge in [-0.05, 0) is 43.4 Å². The third kappa shape index (κ3) is 4.08. The zero-order valence-electron chi connectivity index (χ0n) is 11.2. The highest BCUT2D eigenvalue weighted by Gasteiger charge is 2.31. The monoisotopic (exact) mass is 311 g/mol. The molecule has 1 fully saturated rings. The first-order chi connectivity index (χ1) is 8.70. The molecular formula is C15H22BrNO. The van der Waals surface area contributed by atoms with Gasteiger partial charge in [0.15, 0.2) is 0 Å². The molecule has 1 atom stereocenters. The minimum absolute atomic E-state index is 0.666. The molecule has 0 saturated heterocycles. The molecule has 1 aromatic rings. The van der Waals surface area contributed by atoms with Crippen molar-refractivity contribution in [3.8, 4) is 0 Å².